The van der Waals surface area contributed by atoms with Gasteiger partial charge in [-0.1, -0.05) is 24.3 Å². The third-order valence-electron chi connectivity index (χ3n) is 7.52. The zero-order valence-corrected chi connectivity index (χ0v) is 29.1. The number of amides is 3. The monoisotopic (exact) mass is 702 g/mol. The van der Waals surface area contributed by atoms with Crippen LogP contribution in [0.25, 0.3) is 10.6 Å². The van der Waals surface area contributed by atoms with Crippen molar-refractivity contribution in [3.8, 4) is 16.5 Å². The number of aliphatic hydroxyl groups is 1. The summed E-state index contributed by atoms with van der Waals surface area (Å²) in [6.45, 7) is 12.9. The Morgan fingerprint density at radius 1 is 1.02 bits per heavy atom. The van der Waals surface area contributed by atoms with Gasteiger partial charge in [0.1, 0.15) is 32.8 Å². The van der Waals surface area contributed by atoms with Crippen LogP contribution in [0.5, 0.6) is 5.88 Å². The maximum atomic E-state index is 14.8. The third-order valence-corrected chi connectivity index (χ3v) is 8.51. The van der Waals surface area contributed by atoms with Crippen molar-refractivity contribution in [2.45, 2.75) is 78.2 Å². The lowest BCUT2D eigenvalue weighted by molar-refractivity contribution is 0.0303. The first-order chi connectivity index (χ1) is 22.9. The number of carbonyl (C=O) groups excluding carboxylic acids is 3. The Morgan fingerprint density at radius 3 is 2.33 bits per heavy atom. The minimum Gasteiger partial charge on any atom is -0.477 e. The van der Waals surface area contributed by atoms with Crippen molar-refractivity contribution in [1.29, 1.82) is 0 Å². The average molecular weight is 703 g/mol. The summed E-state index contributed by atoms with van der Waals surface area (Å²) in [6, 6.07) is 2.60. The first-order valence-electron chi connectivity index (χ1n) is 15.7. The zero-order valence-electron chi connectivity index (χ0n) is 28.3. The van der Waals surface area contributed by atoms with Gasteiger partial charge >= 0.3 is 12.2 Å². The van der Waals surface area contributed by atoms with Gasteiger partial charge in [-0.25, -0.2) is 28.3 Å². The summed E-state index contributed by atoms with van der Waals surface area (Å²) in [5.41, 5.74) is -0.882. The number of piperidine rings is 1. The molecule has 0 radical (unpaired) electrons. The Kier molecular flexibility index (Phi) is 10.0. The number of thiazole rings is 1. The molecule has 0 bridgehead atoms. The number of anilines is 3. The van der Waals surface area contributed by atoms with Crippen LogP contribution in [0.1, 0.15) is 64.5 Å². The molecule has 264 valence electrons. The summed E-state index contributed by atoms with van der Waals surface area (Å²) in [4.78, 5) is 50.0. The molecule has 2 aliphatic heterocycles. The number of nitrogens with zero attached hydrogens (tertiary/aromatic N) is 3. The van der Waals surface area contributed by atoms with E-state index in [9.17, 15) is 28.3 Å². The minimum atomic E-state index is -0.898. The highest BCUT2D eigenvalue weighted by molar-refractivity contribution is 7.19. The highest BCUT2D eigenvalue weighted by atomic mass is 32.1. The van der Waals surface area contributed by atoms with Crippen molar-refractivity contribution in [3.63, 3.8) is 0 Å². The van der Waals surface area contributed by atoms with Crippen molar-refractivity contribution in [1.82, 2.24) is 15.3 Å². The lowest BCUT2D eigenvalue weighted by Crippen LogP contribution is -2.59. The van der Waals surface area contributed by atoms with Gasteiger partial charge in [-0.2, -0.15) is 0 Å². The van der Waals surface area contributed by atoms with E-state index in [2.05, 4.69) is 25.9 Å². The molecule has 13 nitrogen and oxygen atoms in total. The molecule has 3 atom stereocenters. The normalized spacial score (nSPS) is 19.1. The summed E-state index contributed by atoms with van der Waals surface area (Å²) in [5.74, 6) is -2.54. The zero-order chi connectivity index (χ0) is 35.8. The molecular weight excluding hydrogens is 662 g/mol. The van der Waals surface area contributed by atoms with E-state index in [1.54, 1.807) is 41.5 Å². The van der Waals surface area contributed by atoms with E-state index in [1.165, 1.54) is 12.3 Å². The highest BCUT2D eigenvalue weighted by Gasteiger charge is 2.38. The van der Waals surface area contributed by atoms with Crippen LogP contribution in [0, 0.1) is 17.6 Å². The summed E-state index contributed by atoms with van der Waals surface area (Å²) in [6.07, 6.45) is -0.585. The van der Waals surface area contributed by atoms with Gasteiger partial charge in [0.25, 0.3) is 5.91 Å². The Labute approximate surface area is 286 Å². The number of halogens is 2. The molecule has 0 saturated carbocycles. The molecule has 2 aliphatic rings. The number of alkyl carbamates (subject to hydrolysis) is 1. The maximum Gasteiger partial charge on any atom is 0.412 e. The van der Waals surface area contributed by atoms with Gasteiger partial charge in [0.15, 0.2) is 5.69 Å². The van der Waals surface area contributed by atoms with Crippen molar-refractivity contribution < 1.29 is 42.5 Å². The van der Waals surface area contributed by atoms with E-state index in [4.69, 9.17) is 14.2 Å². The van der Waals surface area contributed by atoms with E-state index < -0.39 is 58.6 Å². The number of benzene rings is 1. The van der Waals surface area contributed by atoms with Gasteiger partial charge in [-0.15, -0.1) is 0 Å². The van der Waals surface area contributed by atoms with Crippen LogP contribution in [0.15, 0.2) is 24.4 Å². The van der Waals surface area contributed by atoms with E-state index in [0.29, 0.717) is 48.0 Å². The van der Waals surface area contributed by atoms with E-state index in [-0.39, 0.29) is 33.9 Å². The molecule has 16 heteroatoms. The lowest BCUT2D eigenvalue weighted by atomic mass is 9.91. The van der Waals surface area contributed by atoms with E-state index in [0.717, 1.165) is 12.1 Å². The van der Waals surface area contributed by atoms with Crippen molar-refractivity contribution in [2.75, 3.05) is 35.2 Å². The van der Waals surface area contributed by atoms with Crippen LogP contribution < -0.4 is 25.6 Å². The largest absolute Gasteiger partial charge is 0.477 e. The number of fused-ring (bicyclic) bond motifs is 1. The summed E-state index contributed by atoms with van der Waals surface area (Å²) < 4.78 is 46.0. The molecule has 1 fully saturated rings. The van der Waals surface area contributed by atoms with Gasteiger partial charge < -0.3 is 34.9 Å². The van der Waals surface area contributed by atoms with Crippen LogP contribution in [0.2, 0.25) is 0 Å². The molecule has 0 aliphatic carbocycles. The fourth-order valence-corrected chi connectivity index (χ4v) is 6.57. The highest BCUT2D eigenvalue weighted by Crippen LogP contribution is 2.41. The van der Waals surface area contributed by atoms with Crippen LogP contribution in [0.4, 0.5) is 34.7 Å². The molecule has 4 N–H and O–H groups in total. The predicted octanol–water partition coefficient (Wildman–Crippen LogP) is 5.73. The number of carbonyl (C=O) groups is 3. The smallest absolute Gasteiger partial charge is 0.412 e. The summed E-state index contributed by atoms with van der Waals surface area (Å²) in [5, 5.41) is 18.8. The molecule has 1 aromatic carbocycles. The quantitative estimate of drug-likeness (QED) is 0.250. The third kappa shape index (κ3) is 8.36. The Hall–Kier alpha value is -4.57. The average Bonchev–Trinajstić information content (AvgIpc) is 3.60. The number of aromatic nitrogens is 2. The van der Waals surface area contributed by atoms with Crippen LogP contribution >= 0.6 is 11.3 Å². The number of hydrogen-bond donors (Lipinski definition) is 4. The molecule has 3 aromatic rings. The molecule has 49 heavy (non-hydrogen) atoms. The summed E-state index contributed by atoms with van der Waals surface area (Å²) in [7, 11) is 0. The lowest BCUT2D eigenvalue weighted by Gasteiger charge is -2.42. The molecular formula is C33H40F2N6O7S. The van der Waals surface area contributed by atoms with Gasteiger partial charge in [0.05, 0.1) is 41.9 Å². The first-order valence-corrected chi connectivity index (χ1v) is 16.6. The van der Waals surface area contributed by atoms with Crippen LogP contribution in [-0.4, -0.2) is 76.2 Å². The number of pyridine rings is 1. The second-order valence-electron chi connectivity index (χ2n) is 13.9. The second-order valence-corrected chi connectivity index (χ2v) is 14.9. The number of rotatable bonds is 6. The molecule has 4 heterocycles. The van der Waals surface area contributed by atoms with Gasteiger partial charge in [-0.3, -0.25) is 10.1 Å². The van der Waals surface area contributed by atoms with Crippen molar-refractivity contribution in [3.05, 3.63) is 47.3 Å². The number of ether oxygens (including phenoxy) is 3. The summed E-state index contributed by atoms with van der Waals surface area (Å²) >= 11 is 0.707. The molecule has 0 unspecified atom stereocenters. The van der Waals surface area contributed by atoms with Gasteiger partial charge in [0, 0.05) is 31.0 Å². The van der Waals surface area contributed by atoms with Crippen LogP contribution in [-0.2, 0) is 15.9 Å². The molecule has 5 rings (SSSR count). The maximum absolute atomic E-state index is 14.8. The molecule has 2 aromatic heterocycles. The second kappa shape index (κ2) is 13.7. The van der Waals surface area contributed by atoms with Gasteiger partial charge in [-0.05, 0) is 53.7 Å². The van der Waals surface area contributed by atoms with Crippen molar-refractivity contribution in [2.24, 2.45) is 5.92 Å². The van der Waals surface area contributed by atoms with Crippen molar-refractivity contribution >= 4 is 45.8 Å². The standard InChI is InChI=1S/C33H40F2N6O7S/c1-16-14-41(15-21(25(16)42)38-30(44)47-32(2,3)4)24-17-11-12-46-27(17)36-13-20(24)37-26(43)23-29(40-31(45)48-33(5,6)7)49-28(39-23)22-18(34)9-8-10-19(22)35/h8-10,13,16,21,25,42H,11-12,14-15H2,1-7H3,(H,37,43)(H,38,44)(H,40,45)/t16-,21+,25+/m0/s1. The fraction of sp³-hybridized carbons (Fsp3) is 0.485. The Bertz CT molecular complexity index is 1740. The minimum absolute atomic E-state index is 0.0975. The SMILES string of the molecule is C[C@H]1CN(c2c(NC(=O)c3nc(-c4c(F)cccc4F)sc3NC(=O)OC(C)(C)C)cnc3c2CCO3)C[C@@H](NC(=O)OC(C)(C)C)[C@@H]1O. The predicted molar refractivity (Wildman–Crippen MR) is 179 cm³/mol. The topological polar surface area (TPSA) is 164 Å². The van der Waals surface area contributed by atoms with Crippen LogP contribution in [0.3, 0.4) is 0 Å². The first kappa shape index (κ1) is 35.7. The van der Waals surface area contributed by atoms with E-state index >= 15 is 0 Å². The fourth-order valence-electron chi connectivity index (χ4n) is 5.57. The molecule has 3 amide bonds. The Morgan fingerprint density at radius 2 is 1.67 bits per heavy atom. The number of hydrogen-bond acceptors (Lipinski definition) is 11. The molecule has 1 saturated heterocycles. The van der Waals surface area contributed by atoms with E-state index in [1.807, 2.05) is 11.8 Å². The number of nitrogens with one attached hydrogen (secondary N) is 3. The molecule has 0 spiro atoms. The Balaban J connectivity index is 1.50. The van der Waals surface area contributed by atoms with Gasteiger partial charge in [0.2, 0.25) is 5.88 Å². The number of aliphatic hydroxyl groups excluding tert-OH is 1.